The molecule has 1 saturated heterocycles. The highest BCUT2D eigenvalue weighted by Crippen LogP contribution is 2.68. The number of hydrogen-bond acceptors (Lipinski definition) is 3. The molecule has 2 aromatic rings. The number of piperidine rings is 1. The maximum atomic E-state index is 5.23. The molecule has 3 aliphatic rings. The summed E-state index contributed by atoms with van der Waals surface area (Å²) < 4.78 is 0. The third-order valence-corrected chi connectivity index (χ3v) is 7.72. The molecule has 2 unspecified atom stereocenters. The number of benzene rings is 1. The third kappa shape index (κ3) is 2.06. The van der Waals surface area contributed by atoms with Gasteiger partial charge in [-0.1, -0.05) is 51.1 Å². The van der Waals surface area contributed by atoms with Gasteiger partial charge in [0.1, 0.15) is 0 Å². The second-order valence-corrected chi connectivity index (χ2v) is 9.19. The first-order chi connectivity index (χ1) is 12.5. The fraction of sp³-hybridized carbons (Fsp3) is 0.565. The average Bonchev–Trinajstić information content (AvgIpc) is 3.01. The van der Waals surface area contributed by atoms with Gasteiger partial charge in [0.25, 0.3) is 0 Å². The number of nitrogens with zero attached hydrogens (tertiary/aromatic N) is 3. The highest BCUT2D eigenvalue weighted by molar-refractivity contribution is 5.70. The quantitative estimate of drug-likeness (QED) is 0.737. The first-order valence-electron chi connectivity index (χ1n) is 10.3. The van der Waals surface area contributed by atoms with E-state index in [1.165, 1.54) is 54.6 Å². The lowest BCUT2D eigenvalue weighted by Crippen LogP contribution is -2.34. The largest absolute Gasteiger partial charge is 0.341 e. The van der Waals surface area contributed by atoms with Gasteiger partial charge in [0.05, 0.1) is 11.4 Å². The molecule has 0 radical (unpaired) electrons. The lowest BCUT2D eigenvalue weighted by Gasteiger charge is -2.35. The Morgan fingerprint density at radius 1 is 0.962 bits per heavy atom. The van der Waals surface area contributed by atoms with E-state index >= 15 is 0 Å². The van der Waals surface area contributed by atoms with Crippen molar-refractivity contribution in [2.75, 3.05) is 18.0 Å². The number of anilines is 1. The van der Waals surface area contributed by atoms with E-state index in [0.29, 0.717) is 5.92 Å². The fourth-order valence-corrected chi connectivity index (χ4v) is 5.69. The van der Waals surface area contributed by atoms with Crippen LogP contribution in [-0.2, 0) is 5.41 Å². The smallest absolute Gasteiger partial charge is 0.226 e. The summed E-state index contributed by atoms with van der Waals surface area (Å²) in [6.07, 6.45) is 6.36. The van der Waals surface area contributed by atoms with Crippen LogP contribution >= 0.6 is 0 Å². The molecule has 0 N–H and O–H groups in total. The van der Waals surface area contributed by atoms with E-state index in [-0.39, 0.29) is 10.8 Å². The van der Waals surface area contributed by atoms with Gasteiger partial charge < -0.3 is 4.90 Å². The first kappa shape index (κ1) is 16.3. The van der Waals surface area contributed by atoms with Crippen LogP contribution in [0.1, 0.15) is 70.1 Å². The number of aromatic nitrogens is 2. The predicted octanol–water partition coefficient (Wildman–Crippen LogP) is 5.31. The molecule has 26 heavy (non-hydrogen) atoms. The molecule has 3 nitrogen and oxygen atoms in total. The van der Waals surface area contributed by atoms with Crippen LogP contribution in [-0.4, -0.2) is 23.1 Å². The SMILES string of the molecule is CC12CCC(c3c(-c4ccccc4)nc(N4CCCCC4)nc31)C2(C)C. The van der Waals surface area contributed by atoms with Crippen molar-refractivity contribution in [1.82, 2.24) is 9.97 Å². The molecule has 5 rings (SSSR count). The van der Waals surface area contributed by atoms with Gasteiger partial charge in [-0.25, -0.2) is 9.97 Å². The highest BCUT2D eigenvalue weighted by Gasteiger charge is 2.61. The molecule has 0 spiro atoms. The van der Waals surface area contributed by atoms with Crippen molar-refractivity contribution in [3.05, 3.63) is 41.6 Å². The van der Waals surface area contributed by atoms with Crippen molar-refractivity contribution in [2.24, 2.45) is 5.41 Å². The number of fused-ring (bicyclic) bond motifs is 5. The Kier molecular flexibility index (Phi) is 3.47. The van der Waals surface area contributed by atoms with Crippen molar-refractivity contribution >= 4 is 5.95 Å². The highest BCUT2D eigenvalue weighted by atomic mass is 15.3. The topological polar surface area (TPSA) is 29.0 Å². The summed E-state index contributed by atoms with van der Waals surface area (Å²) in [5.74, 6) is 1.54. The number of hydrogen-bond donors (Lipinski definition) is 0. The van der Waals surface area contributed by atoms with Gasteiger partial charge in [0, 0.05) is 29.6 Å². The lowest BCUT2D eigenvalue weighted by molar-refractivity contribution is 0.227. The van der Waals surface area contributed by atoms with Crippen molar-refractivity contribution in [3.63, 3.8) is 0 Å². The third-order valence-electron chi connectivity index (χ3n) is 7.72. The van der Waals surface area contributed by atoms with E-state index in [0.717, 1.165) is 19.0 Å². The van der Waals surface area contributed by atoms with E-state index in [9.17, 15) is 0 Å². The van der Waals surface area contributed by atoms with Crippen LogP contribution in [0.25, 0.3) is 11.3 Å². The van der Waals surface area contributed by atoms with E-state index < -0.39 is 0 Å². The second kappa shape index (κ2) is 5.55. The summed E-state index contributed by atoms with van der Waals surface area (Å²) in [7, 11) is 0. The van der Waals surface area contributed by atoms with Crippen molar-refractivity contribution in [3.8, 4) is 11.3 Å². The molecular weight excluding hydrogens is 318 g/mol. The van der Waals surface area contributed by atoms with Crippen LogP contribution in [0.3, 0.4) is 0 Å². The Morgan fingerprint density at radius 2 is 1.69 bits per heavy atom. The Bertz CT molecular complexity index is 836. The maximum absolute atomic E-state index is 5.23. The van der Waals surface area contributed by atoms with Crippen LogP contribution in [0.5, 0.6) is 0 Å². The Morgan fingerprint density at radius 3 is 2.42 bits per heavy atom. The molecule has 0 amide bonds. The zero-order valence-corrected chi connectivity index (χ0v) is 16.3. The van der Waals surface area contributed by atoms with Crippen molar-refractivity contribution < 1.29 is 0 Å². The van der Waals surface area contributed by atoms with Gasteiger partial charge in [-0.3, -0.25) is 0 Å². The van der Waals surface area contributed by atoms with Crippen LogP contribution in [0, 0.1) is 5.41 Å². The summed E-state index contributed by atoms with van der Waals surface area (Å²) >= 11 is 0. The van der Waals surface area contributed by atoms with Gasteiger partial charge in [-0.15, -0.1) is 0 Å². The van der Waals surface area contributed by atoms with E-state index in [1.807, 2.05) is 0 Å². The summed E-state index contributed by atoms with van der Waals surface area (Å²) in [4.78, 5) is 12.8. The minimum Gasteiger partial charge on any atom is -0.341 e. The number of rotatable bonds is 2. The van der Waals surface area contributed by atoms with Crippen molar-refractivity contribution in [2.45, 2.75) is 64.2 Å². The van der Waals surface area contributed by atoms with E-state index in [2.05, 4.69) is 56.0 Å². The Hall–Kier alpha value is -1.90. The molecule has 1 aromatic heterocycles. The standard InChI is InChI=1S/C23H29N3/c1-22(2)17-12-13-23(22,3)20-18(17)19(16-10-6-4-7-11-16)24-21(25-20)26-14-8-5-9-15-26/h4,6-7,10-11,17H,5,8-9,12-15H2,1-3H3. The van der Waals surface area contributed by atoms with Gasteiger partial charge >= 0.3 is 0 Å². The lowest BCUT2D eigenvalue weighted by atomic mass is 9.70. The zero-order valence-electron chi connectivity index (χ0n) is 16.3. The maximum Gasteiger partial charge on any atom is 0.226 e. The minimum absolute atomic E-state index is 0.171. The zero-order chi connectivity index (χ0) is 17.9. The molecule has 1 aliphatic heterocycles. The van der Waals surface area contributed by atoms with E-state index in [1.54, 1.807) is 0 Å². The Balaban J connectivity index is 1.74. The van der Waals surface area contributed by atoms with Crippen LogP contribution in [0.4, 0.5) is 5.95 Å². The van der Waals surface area contributed by atoms with Crippen LogP contribution < -0.4 is 4.90 Å². The van der Waals surface area contributed by atoms with E-state index in [4.69, 9.17) is 9.97 Å². The normalized spacial score (nSPS) is 29.0. The molecular formula is C23H29N3. The fourth-order valence-electron chi connectivity index (χ4n) is 5.69. The van der Waals surface area contributed by atoms with Gasteiger partial charge in [-0.05, 0) is 43.4 Å². The first-order valence-corrected chi connectivity index (χ1v) is 10.3. The monoisotopic (exact) mass is 347 g/mol. The summed E-state index contributed by atoms with van der Waals surface area (Å²) in [6.45, 7) is 9.52. The summed E-state index contributed by atoms with van der Waals surface area (Å²) in [6, 6.07) is 10.8. The molecule has 3 heteroatoms. The minimum atomic E-state index is 0.171. The molecule has 1 saturated carbocycles. The molecule has 2 aliphatic carbocycles. The molecule has 2 fully saturated rings. The van der Waals surface area contributed by atoms with Crippen LogP contribution in [0.15, 0.2) is 30.3 Å². The van der Waals surface area contributed by atoms with Crippen LogP contribution in [0.2, 0.25) is 0 Å². The van der Waals surface area contributed by atoms with Gasteiger partial charge in [-0.2, -0.15) is 0 Å². The van der Waals surface area contributed by atoms with Gasteiger partial charge in [0.15, 0.2) is 0 Å². The average molecular weight is 348 g/mol. The van der Waals surface area contributed by atoms with Gasteiger partial charge in [0.2, 0.25) is 5.95 Å². The second-order valence-electron chi connectivity index (χ2n) is 9.19. The molecule has 136 valence electrons. The summed E-state index contributed by atoms with van der Waals surface area (Å²) in [5.41, 5.74) is 5.65. The van der Waals surface area contributed by atoms with Crippen molar-refractivity contribution in [1.29, 1.82) is 0 Å². The Labute approximate surface area is 156 Å². The molecule has 2 heterocycles. The molecule has 2 bridgehead atoms. The molecule has 1 aromatic carbocycles. The predicted molar refractivity (Wildman–Crippen MR) is 107 cm³/mol. The summed E-state index contributed by atoms with van der Waals surface area (Å²) in [5, 5.41) is 0. The molecule has 2 atom stereocenters.